The molecule has 3 aromatic rings. The van der Waals surface area contributed by atoms with Crippen LogP contribution < -0.4 is 5.32 Å². The fourth-order valence-electron chi connectivity index (χ4n) is 2.76. The number of nitrogens with one attached hydrogen (secondary N) is 1. The molecule has 0 spiro atoms. The Morgan fingerprint density at radius 3 is 2.62 bits per heavy atom. The number of aromatic nitrogens is 3. The predicted octanol–water partition coefficient (Wildman–Crippen LogP) is 4.55. The van der Waals surface area contributed by atoms with Crippen LogP contribution in [0.25, 0.3) is 16.7 Å². The van der Waals surface area contributed by atoms with Gasteiger partial charge in [-0.05, 0) is 51.8 Å². The van der Waals surface area contributed by atoms with Crippen LogP contribution in [0.5, 0.6) is 0 Å². The van der Waals surface area contributed by atoms with Gasteiger partial charge in [0.25, 0.3) is 0 Å². The third-order valence-corrected chi connectivity index (χ3v) is 5.14. The molecule has 0 radical (unpaired) electrons. The van der Waals surface area contributed by atoms with E-state index in [2.05, 4.69) is 23.4 Å². The van der Waals surface area contributed by atoms with Gasteiger partial charge in [0.05, 0.1) is 16.6 Å². The number of carbonyl (C=O) groups is 1. The first kappa shape index (κ1) is 18.4. The van der Waals surface area contributed by atoms with Crippen molar-refractivity contribution in [1.82, 2.24) is 14.8 Å². The molecule has 1 N–H and O–H groups in total. The highest BCUT2D eigenvalue weighted by atomic mass is 35.5. The number of benzene rings is 1. The third-order valence-electron chi connectivity index (χ3n) is 4.47. The van der Waals surface area contributed by atoms with Gasteiger partial charge in [0, 0.05) is 17.3 Å². The van der Waals surface area contributed by atoms with Gasteiger partial charge in [-0.15, -0.1) is 11.6 Å². The van der Waals surface area contributed by atoms with Crippen molar-refractivity contribution >= 4 is 34.2 Å². The standard InChI is InChI=1S/C20H23ClN4O/c1-12-7-6-8-15-13(2)9-16(22-18(12)15)25-17(10-14(3)24-25)23-19(26)20(4,5)11-21/h6-10H,11H2,1-5H3,(H,23,26). The summed E-state index contributed by atoms with van der Waals surface area (Å²) >= 11 is 5.92. The highest BCUT2D eigenvalue weighted by Crippen LogP contribution is 2.26. The largest absolute Gasteiger partial charge is 0.310 e. The lowest BCUT2D eigenvalue weighted by molar-refractivity contribution is -0.123. The van der Waals surface area contributed by atoms with E-state index in [9.17, 15) is 4.79 Å². The number of para-hydroxylation sites is 1. The van der Waals surface area contributed by atoms with E-state index in [4.69, 9.17) is 16.6 Å². The number of pyridine rings is 1. The van der Waals surface area contributed by atoms with E-state index >= 15 is 0 Å². The molecule has 0 unspecified atom stereocenters. The molecule has 2 heterocycles. The topological polar surface area (TPSA) is 59.8 Å². The third kappa shape index (κ3) is 3.31. The molecule has 0 aliphatic rings. The molecule has 0 aliphatic heterocycles. The van der Waals surface area contributed by atoms with E-state index < -0.39 is 5.41 Å². The normalized spacial score (nSPS) is 11.8. The van der Waals surface area contributed by atoms with Crippen LogP contribution in [0.15, 0.2) is 30.3 Å². The van der Waals surface area contributed by atoms with Crippen LogP contribution in [-0.2, 0) is 4.79 Å². The van der Waals surface area contributed by atoms with Crippen molar-refractivity contribution in [3.8, 4) is 5.82 Å². The Balaban J connectivity index is 2.10. The van der Waals surface area contributed by atoms with Crippen LogP contribution in [0.4, 0.5) is 5.82 Å². The molecule has 5 nitrogen and oxygen atoms in total. The first-order chi connectivity index (χ1) is 12.2. The Hall–Kier alpha value is -2.40. The second-order valence-corrected chi connectivity index (χ2v) is 7.59. The second kappa shape index (κ2) is 6.72. The molecule has 26 heavy (non-hydrogen) atoms. The van der Waals surface area contributed by atoms with Gasteiger partial charge in [0.2, 0.25) is 5.91 Å². The summed E-state index contributed by atoms with van der Waals surface area (Å²) in [7, 11) is 0. The summed E-state index contributed by atoms with van der Waals surface area (Å²) in [6, 6.07) is 9.95. The lowest BCUT2D eigenvalue weighted by atomic mass is 9.95. The number of amides is 1. The average Bonchev–Trinajstić information content (AvgIpc) is 2.96. The van der Waals surface area contributed by atoms with Crippen molar-refractivity contribution in [1.29, 1.82) is 0 Å². The fourth-order valence-corrected chi connectivity index (χ4v) is 2.88. The number of halogens is 1. The highest BCUT2D eigenvalue weighted by Gasteiger charge is 2.27. The van der Waals surface area contributed by atoms with Crippen molar-refractivity contribution in [3.63, 3.8) is 0 Å². The monoisotopic (exact) mass is 370 g/mol. The van der Waals surface area contributed by atoms with Crippen LogP contribution in [0.3, 0.4) is 0 Å². The molecular weight excluding hydrogens is 348 g/mol. The number of alkyl halides is 1. The summed E-state index contributed by atoms with van der Waals surface area (Å²) in [5.41, 5.74) is 3.28. The SMILES string of the molecule is Cc1cc(NC(=O)C(C)(C)CCl)n(-c2cc(C)c3cccc(C)c3n2)n1. The molecule has 0 aliphatic carbocycles. The molecule has 1 aromatic carbocycles. The number of carbonyl (C=O) groups excluding carboxylic acids is 1. The van der Waals surface area contributed by atoms with Crippen LogP contribution in [0.1, 0.15) is 30.7 Å². The van der Waals surface area contributed by atoms with Crippen LogP contribution in [-0.4, -0.2) is 26.6 Å². The minimum absolute atomic E-state index is 0.151. The van der Waals surface area contributed by atoms with Gasteiger partial charge in [-0.25, -0.2) is 4.98 Å². The summed E-state index contributed by atoms with van der Waals surface area (Å²) in [6.45, 7) is 9.60. The molecule has 3 rings (SSSR count). The molecule has 0 saturated heterocycles. The van der Waals surface area contributed by atoms with E-state index in [0.717, 1.165) is 27.7 Å². The quantitative estimate of drug-likeness (QED) is 0.685. The number of rotatable bonds is 4. The number of hydrogen-bond donors (Lipinski definition) is 1. The summed E-state index contributed by atoms with van der Waals surface area (Å²) in [5.74, 6) is 1.35. The molecule has 6 heteroatoms. The van der Waals surface area contributed by atoms with Crippen molar-refractivity contribution in [2.24, 2.45) is 5.41 Å². The fraction of sp³-hybridized carbons (Fsp3) is 0.350. The Kier molecular flexibility index (Phi) is 4.76. The van der Waals surface area contributed by atoms with Gasteiger partial charge >= 0.3 is 0 Å². The minimum Gasteiger partial charge on any atom is -0.310 e. The summed E-state index contributed by atoms with van der Waals surface area (Å²) in [6.07, 6.45) is 0. The van der Waals surface area contributed by atoms with E-state index in [1.165, 1.54) is 0 Å². The van der Waals surface area contributed by atoms with Gasteiger partial charge in [0.1, 0.15) is 5.82 Å². The molecule has 2 aromatic heterocycles. The Morgan fingerprint density at radius 1 is 1.19 bits per heavy atom. The van der Waals surface area contributed by atoms with Gasteiger partial charge in [0.15, 0.2) is 5.82 Å². The Morgan fingerprint density at radius 2 is 1.92 bits per heavy atom. The average molecular weight is 371 g/mol. The molecule has 0 atom stereocenters. The molecule has 0 saturated carbocycles. The first-order valence-corrected chi connectivity index (χ1v) is 9.08. The lowest BCUT2D eigenvalue weighted by Gasteiger charge is -2.20. The first-order valence-electron chi connectivity index (χ1n) is 8.54. The van der Waals surface area contributed by atoms with Crippen molar-refractivity contribution in [2.45, 2.75) is 34.6 Å². The van der Waals surface area contributed by atoms with Crippen LogP contribution in [0, 0.1) is 26.2 Å². The zero-order valence-corrected chi connectivity index (χ0v) is 16.5. The van der Waals surface area contributed by atoms with E-state index in [-0.39, 0.29) is 11.8 Å². The van der Waals surface area contributed by atoms with Gasteiger partial charge < -0.3 is 5.32 Å². The zero-order chi connectivity index (χ0) is 19.1. The minimum atomic E-state index is -0.673. The van der Waals surface area contributed by atoms with Crippen molar-refractivity contribution < 1.29 is 4.79 Å². The molecular formula is C20H23ClN4O. The van der Waals surface area contributed by atoms with Crippen molar-refractivity contribution in [2.75, 3.05) is 11.2 Å². The van der Waals surface area contributed by atoms with E-state index in [0.29, 0.717) is 11.6 Å². The lowest BCUT2D eigenvalue weighted by Crippen LogP contribution is -2.33. The maximum Gasteiger partial charge on any atom is 0.232 e. The maximum atomic E-state index is 12.5. The number of nitrogens with zero attached hydrogens (tertiary/aromatic N) is 3. The smallest absolute Gasteiger partial charge is 0.232 e. The number of aryl methyl sites for hydroxylation is 3. The van der Waals surface area contributed by atoms with Gasteiger partial charge in [-0.2, -0.15) is 9.78 Å². The molecule has 0 fully saturated rings. The number of anilines is 1. The molecule has 1 amide bonds. The highest BCUT2D eigenvalue weighted by molar-refractivity contribution is 6.20. The van der Waals surface area contributed by atoms with Gasteiger partial charge in [-0.1, -0.05) is 18.2 Å². The van der Waals surface area contributed by atoms with Crippen LogP contribution in [0.2, 0.25) is 0 Å². The molecule has 136 valence electrons. The summed E-state index contributed by atoms with van der Waals surface area (Å²) in [4.78, 5) is 17.3. The molecule has 0 bridgehead atoms. The zero-order valence-electron chi connectivity index (χ0n) is 15.7. The van der Waals surface area contributed by atoms with Gasteiger partial charge in [-0.3, -0.25) is 4.79 Å². The summed E-state index contributed by atoms with van der Waals surface area (Å²) < 4.78 is 1.68. The van der Waals surface area contributed by atoms with E-state index in [1.54, 1.807) is 4.68 Å². The number of hydrogen-bond acceptors (Lipinski definition) is 3. The predicted molar refractivity (Wildman–Crippen MR) is 106 cm³/mol. The van der Waals surface area contributed by atoms with E-state index in [1.807, 2.05) is 52.0 Å². The second-order valence-electron chi connectivity index (χ2n) is 7.32. The van der Waals surface area contributed by atoms with Crippen molar-refractivity contribution in [3.05, 3.63) is 47.2 Å². The van der Waals surface area contributed by atoms with Crippen LogP contribution >= 0.6 is 11.6 Å². The summed E-state index contributed by atoms with van der Waals surface area (Å²) in [5, 5.41) is 8.58. The maximum absolute atomic E-state index is 12.5. The Labute approximate surface area is 158 Å². The number of fused-ring (bicyclic) bond motifs is 1. The Bertz CT molecular complexity index is 991.